The number of nitrogens with zero attached hydrogens (tertiary/aromatic N) is 1. The van der Waals surface area contributed by atoms with Crippen molar-refractivity contribution in [2.75, 3.05) is 26.0 Å². The van der Waals surface area contributed by atoms with Gasteiger partial charge in [-0.15, -0.1) is 0 Å². The SMILES string of the molecule is Cc1cc(S(=O)(=O)NCCC(=O)N(C)C)cc2c1NC(=O)C2(C)C. The van der Waals surface area contributed by atoms with Crippen LogP contribution in [0.1, 0.15) is 31.4 Å². The molecule has 24 heavy (non-hydrogen) atoms. The maximum Gasteiger partial charge on any atom is 0.240 e. The van der Waals surface area contributed by atoms with Crippen LogP contribution in [0, 0.1) is 6.92 Å². The van der Waals surface area contributed by atoms with Gasteiger partial charge in [0.25, 0.3) is 0 Å². The number of rotatable bonds is 5. The van der Waals surface area contributed by atoms with Crippen molar-refractivity contribution in [3.05, 3.63) is 23.3 Å². The smallest absolute Gasteiger partial charge is 0.240 e. The monoisotopic (exact) mass is 353 g/mol. The van der Waals surface area contributed by atoms with E-state index >= 15 is 0 Å². The van der Waals surface area contributed by atoms with Crippen molar-refractivity contribution < 1.29 is 18.0 Å². The summed E-state index contributed by atoms with van der Waals surface area (Å²) in [5, 5.41) is 2.80. The van der Waals surface area contributed by atoms with Crippen LogP contribution in [0.3, 0.4) is 0 Å². The number of carbonyl (C=O) groups excluding carboxylic acids is 2. The topological polar surface area (TPSA) is 95.6 Å². The number of hydrogen-bond acceptors (Lipinski definition) is 4. The van der Waals surface area contributed by atoms with Crippen LogP contribution in [0.2, 0.25) is 0 Å². The van der Waals surface area contributed by atoms with Crippen LogP contribution in [0.15, 0.2) is 17.0 Å². The minimum Gasteiger partial charge on any atom is -0.349 e. The third kappa shape index (κ3) is 3.29. The third-order valence-electron chi connectivity index (χ3n) is 4.23. The highest BCUT2D eigenvalue weighted by molar-refractivity contribution is 7.89. The van der Waals surface area contributed by atoms with Gasteiger partial charge in [-0.25, -0.2) is 13.1 Å². The average Bonchev–Trinajstić information content (AvgIpc) is 2.70. The fourth-order valence-electron chi connectivity index (χ4n) is 2.56. The number of aryl methyl sites for hydroxylation is 1. The fraction of sp³-hybridized carbons (Fsp3) is 0.500. The molecule has 1 heterocycles. The van der Waals surface area contributed by atoms with E-state index in [-0.39, 0.29) is 29.7 Å². The van der Waals surface area contributed by atoms with Gasteiger partial charge in [-0.05, 0) is 44.0 Å². The van der Waals surface area contributed by atoms with Crippen LogP contribution in [-0.4, -0.2) is 45.8 Å². The maximum absolute atomic E-state index is 12.5. The Morgan fingerprint density at radius 1 is 1.29 bits per heavy atom. The van der Waals surface area contributed by atoms with Crippen molar-refractivity contribution in [3.63, 3.8) is 0 Å². The lowest BCUT2D eigenvalue weighted by Crippen LogP contribution is -2.30. The summed E-state index contributed by atoms with van der Waals surface area (Å²) < 4.78 is 27.4. The van der Waals surface area contributed by atoms with Gasteiger partial charge in [0.1, 0.15) is 0 Å². The Labute approximate surface area is 142 Å². The first-order chi connectivity index (χ1) is 11.0. The maximum atomic E-state index is 12.5. The second kappa shape index (κ2) is 6.18. The van der Waals surface area contributed by atoms with Crippen LogP contribution < -0.4 is 10.0 Å². The molecule has 1 aliphatic heterocycles. The predicted molar refractivity (Wildman–Crippen MR) is 91.3 cm³/mol. The zero-order chi connectivity index (χ0) is 18.3. The molecule has 0 radical (unpaired) electrons. The molecule has 0 bridgehead atoms. The van der Waals surface area contributed by atoms with Gasteiger partial charge >= 0.3 is 0 Å². The Balaban J connectivity index is 2.27. The quantitative estimate of drug-likeness (QED) is 0.825. The van der Waals surface area contributed by atoms with Crippen LogP contribution in [0.5, 0.6) is 0 Å². The van der Waals surface area contributed by atoms with E-state index in [9.17, 15) is 18.0 Å². The van der Waals surface area contributed by atoms with Gasteiger partial charge in [0.15, 0.2) is 0 Å². The highest BCUT2D eigenvalue weighted by Crippen LogP contribution is 2.40. The molecule has 7 nitrogen and oxygen atoms in total. The number of carbonyl (C=O) groups is 2. The second-order valence-electron chi connectivity index (χ2n) is 6.68. The zero-order valence-corrected chi connectivity index (χ0v) is 15.4. The molecule has 0 saturated heterocycles. The number of amides is 2. The van der Waals surface area contributed by atoms with Gasteiger partial charge in [-0.3, -0.25) is 9.59 Å². The Kier molecular flexibility index (Phi) is 4.74. The second-order valence-corrected chi connectivity index (χ2v) is 8.44. The van der Waals surface area contributed by atoms with E-state index in [1.807, 2.05) is 0 Å². The first-order valence-electron chi connectivity index (χ1n) is 7.63. The molecule has 2 amide bonds. The molecule has 0 aliphatic carbocycles. The molecule has 0 fully saturated rings. The highest BCUT2D eigenvalue weighted by Gasteiger charge is 2.40. The van der Waals surface area contributed by atoms with Crippen LogP contribution in [0.25, 0.3) is 0 Å². The highest BCUT2D eigenvalue weighted by atomic mass is 32.2. The lowest BCUT2D eigenvalue weighted by atomic mass is 9.85. The van der Waals surface area contributed by atoms with Crippen molar-refractivity contribution in [3.8, 4) is 0 Å². The summed E-state index contributed by atoms with van der Waals surface area (Å²) in [5.74, 6) is -0.307. The normalized spacial score (nSPS) is 15.8. The predicted octanol–water partition coefficient (Wildman–Crippen LogP) is 0.981. The molecule has 1 aromatic rings. The minimum atomic E-state index is -3.75. The summed E-state index contributed by atoms with van der Waals surface area (Å²) in [6.07, 6.45) is 0.0850. The molecule has 1 aromatic carbocycles. The molecule has 8 heteroatoms. The van der Waals surface area contributed by atoms with E-state index in [0.717, 1.165) is 0 Å². The lowest BCUT2D eigenvalue weighted by Gasteiger charge is -2.17. The number of fused-ring (bicyclic) bond motifs is 1. The van der Waals surface area contributed by atoms with Gasteiger partial charge in [0.05, 0.1) is 10.3 Å². The molecule has 1 aliphatic rings. The largest absolute Gasteiger partial charge is 0.349 e. The summed E-state index contributed by atoms with van der Waals surface area (Å²) in [6.45, 7) is 5.30. The van der Waals surface area contributed by atoms with E-state index in [1.165, 1.54) is 17.0 Å². The van der Waals surface area contributed by atoms with Crippen molar-refractivity contribution in [2.45, 2.75) is 37.5 Å². The summed E-state index contributed by atoms with van der Waals surface area (Å²) in [7, 11) is -0.518. The number of anilines is 1. The van der Waals surface area contributed by atoms with Gasteiger partial charge < -0.3 is 10.2 Å². The van der Waals surface area contributed by atoms with Crippen LogP contribution in [0.4, 0.5) is 5.69 Å². The van der Waals surface area contributed by atoms with E-state index in [2.05, 4.69) is 10.0 Å². The molecule has 0 atom stereocenters. The van der Waals surface area contributed by atoms with E-state index in [4.69, 9.17) is 0 Å². The first-order valence-corrected chi connectivity index (χ1v) is 9.11. The minimum absolute atomic E-state index is 0.0239. The Bertz CT molecular complexity index is 798. The Morgan fingerprint density at radius 3 is 2.50 bits per heavy atom. The number of nitrogens with one attached hydrogen (secondary N) is 2. The molecular weight excluding hydrogens is 330 g/mol. The molecule has 0 aromatic heterocycles. The number of benzene rings is 1. The van der Waals surface area contributed by atoms with E-state index in [0.29, 0.717) is 16.8 Å². The van der Waals surface area contributed by atoms with Gasteiger partial charge in [0, 0.05) is 32.7 Å². The molecule has 2 N–H and O–H groups in total. The number of hydrogen-bond donors (Lipinski definition) is 2. The fourth-order valence-corrected chi connectivity index (χ4v) is 3.70. The van der Waals surface area contributed by atoms with Crippen molar-refractivity contribution >= 4 is 27.5 Å². The standard InChI is InChI=1S/C16H23N3O4S/c1-10-8-11(9-12-14(10)18-15(21)16(12,2)3)24(22,23)17-7-6-13(20)19(4)5/h8-9,17H,6-7H2,1-5H3,(H,18,21). The molecular formula is C16H23N3O4S. The first kappa shape index (κ1) is 18.4. The van der Waals surface area contributed by atoms with Crippen LogP contribution in [-0.2, 0) is 25.0 Å². The summed E-state index contributed by atoms with van der Waals surface area (Å²) in [5.41, 5.74) is 1.24. The van der Waals surface area contributed by atoms with Crippen molar-refractivity contribution in [1.29, 1.82) is 0 Å². The third-order valence-corrected chi connectivity index (χ3v) is 5.67. The van der Waals surface area contributed by atoms with Crippen molar-refractivity contribution in [2.24, 2.45) is 0 Å². The molecule has 2 rings (SSSR count). The van der Waals surface area contributed by atoms with Gasteiger partial charge in [-0.2, -0.15) is 0 Å². The summed E-state index contributed by atoms with van der Waals surface area (Å²) >= 11 is 0. The molecule has 0 spiro atoms. The average molecular weight is 353 g/mol. The van der Waals surface area contributed by atoms with Crippen molar-refractivity contribution in [1.82, 2.24) is 9.62 Å². The Hall–Kier alpha value is -1.93. The Morgan fingerprint density at radius 2 is 1.92 bits per heavy atom. The lowest BCUT2D eigenvalue weighted by molar-refractivity contribution is -0.128. The molecule has 0 unspecified atom stereocenters. The molecule has 0 saturated carbocycles. The van der Waals surface area contributed by atoms with Crippen LogP contribution >= 0.6 is 0 Å². The van der Waals surface area contributed by atoms with E-state index in [1.54, 1.807) is 34.9 Å². The summed E-state index contributed by atoms with van der Waals surface area (Å²) in [6, 6.07) is 3.05. The van der Waals surface area contributed by atoms with Gasteiger partial charge in [-0.1, -0.05) is 0 Å². The summed E-state index contributed by atoms with van der Waals surface area (Å²) in [4.78, 5) is 25.1. The molecule has 132 valence electrons. The number of sulfonamides is 1. The van der Waals surface area contributed by atoms with Gasteiger partial charge in [0.2, 0.25) is 21.8 Å². The van der Waals surface area contributed by atoms with E-state index < -0.39 is 15.4 Å². The zero-order valence-electron chi connectivity index (χ0n) is 14.6.